The van der Waals surface area contributed by atoms with E-state index >= 15 is 0 Å². The summed E-state index contributed by atoms with van der Waals surface area (Å²) in [5.41, 5.74) is -0.0126. The van der Waals surface area contributed by atoms with E-state index in [0.29, 0.717) is 11.0 Å². The van der Waals surface area contributed by atoms with Crippen LogP contribution in [0.4, 0.5) is 0 Å². The van der Waals surface area contributed by atoms with Gasteiger partial charge in [-0.1, -0.05) is 25.4 Å². The van der Waals surface area contributed by atoms with Crippen LogP contribution in [0.3, 0.4) is 0 Å². The molecule has 2 N–H and O–H groups in total. The first kappa shape index (κ1) is 15.3. The van der Waals surface area contributed by atoms with Gasteiger partial charge in [-0.2, -0.15) is 11.8 Å². The van der Waals surface area contributed by atoms with Crippen LogP contribution in [0.2, 0.25) is 5.02 Å². The summed E-state index contributed by atoms with van der Waals surface area (Å²) in [6, 6.07) is 1.42. The van der Waals surface area contributed by atoms with Crippen molar-refractivity contribution in [3.8, 4) is 0 Å². The molecule has 18 heavy (non-hydrogen) atoms. The van der Waals surface area contributed by atoms with E-state index in [1.165, 1.54) is 16.8 Å². The number of thioether (sulfide) groups is 1. The van der Waals surface area contributed by atoms with Crippen LogP contribution in [0.15, 0.2) is 12.3 Å². The second-order valence-electron chi connectivity index (χ2n) is 3.84. The Hall–Kier alpha value is -0.780. The monoisotopic (exact) mass is 305 g/mol. The lowest BCUT2D eigenvalue weighted by atomic mass is 10.3. The highest BCUT2D eigenvalue weighted by Gasteiger charge is 2.12. The van der Waals surface area contributed by atoms with Gasteiger partial charge in [-0.3, -0.25) is 20.2 Å². The maximum absolute atomic E-state index is 11.0. The molecule has 0 aliphatic rings. The van der Waals surface area contributed by atoms with Gasteiger partial charge in [0.05, 0.1) is 16.3 Å². The fourth-order valence-electron chi connectivity index (χ4n) is 1.22. The third-order valence-electron chi connectivity index (χ3n) is 2.13. The van der Waals surface area contributed by atoms with Crippen LogP contribution in [0.25, 0.3) is 0 Å². The fourth-order valence-corrected chi connectivity index (χ4v) is 2.30. The number of carbonyl (C=O) groups excluding carboxylic acids is 1. The highest BCUT2D eigenvalue weighted by atomic mass is 35.5. The SMILES string of the molecule is CC(C)SCC(=N)n1ccc(C(=O)Cl)c(Cl)c1=N. The molecule has 0 radical (unpaired) electrons. The molecule has 1 heterocycles. The molecular weight excluding hydrogens is 293 g/mol. The standard InChI is InChI=1S/C11H13Cl2N3OS/c1-6(2)18-5-8(14)16-4-3-7(10(13)17)9(12)11(16)15/h3-4,6,14-15H,5H2,1-2H3. The van der Waals surface area contributed by atoms with Gasteiger partial charge < -0.3 is 0 Å². The van der Waals surface area contributed by atoms with Crippen molar-refractivity contribution in [1.82, 2.24) is 4.57 Å². The van der Waals surface area contributed by atoms with Crippen LogP contribution >= 0.6 is 35.0 Å². The van der Waals surface area contributed by atoms with Crippen LogP contribution in [0.1, 0.15) is 24.2 Å². The molecule has 1 rings (SSSR count). The molecule has 0 amide bonds. The van der Waals surface area contributed by atoms with Gasteiger partial charge in [-0.05, 0) is 22.9 Å². The molecular formula is C11H13Cl2N3OS. The molecule has 4 nitrogen and oxygen atoms in total. The average molecular weight is 306 g/mol. The first-order chi connectivity index (χ1) is 8.34. The molecule has 0 atom stereocenters. The van der Waals surface area contributed by atoms with Crippen LogP contribution in [-0.4, -0.2) is 26.6 Å². The predicted molar refractivity (Wildman–Crippen MR) is 76.2 cm³/mol. The van der Waals surface area contributed by atoms with Gasteiger partial charge in [0.2, 0.25) is 0 Å². The molecule has 0 aliphatic heterocycles. The van der Waals surface area contributed by atoms with Gasteiger partial charge in [-0.25, -0.2) is 0 Å². The van der Waals surface area contributed by atoms with Gasteiger partial charge in [0, 0.05) is 6.20 Å². The third kappa shape index (κ3) is 3.60. The van der Waals surface area contributed by atoms with Crippen molar-refractivity contribution in [2.24, 2.45) is 0 Å². The lowest BCUT2D eigenvalue weighted by Crippen LogP contribution is -2.29. The first-order valence-electron chi connectivity index (χ1n) is 5.19. The minimum atomic E-state index is -0.705. The summed E-state index contributed by atoms with van der Waals surface area (Å²) in [4.78, 5) is 11.0. The maximum atomic E-state index is 11.0. The Morgan fingerprint density at radius 3 is 2.67 bits per heavy atom. The van der Waals surface area contributed by atoms with E-state index in [1.807, 2.05) is 13.8 Å². The quantitative estimate of drug-likeness (QED) is 0.510. The highest BCUT2D eigenvalue weighted by Crippen LogP contribution is 2.14. The molecule has 0 unspecified atom stereocenters. The molecule has 0 fully saturated rings. The highest BCUT2D eigenvalue weighted by molar-refractivity contribution is 8.00. The Bertz CT molecular complexity index is 540. The van der Waals surface area contributed by atoms with Crippen LogP contribution in [-0.2, 0) is 0 Å². The van der Waals surface area contributed by atoms with Crippen molar-refractivity contribution in [3.05, 3.63) is 28.3 Å². The molecule has 0 bridgehead atoms. The van der Waals surface area contributed by atoms with E-state index in [1.54, 1.807) is 11.8 Å². The van der Waals surface area contributed by atoms with Gasteiger partial charge in [0.1, 0.15) is 11.3 Å². The molecule has 0 aromatic carbocycles. The van der Waals surface area contributed by atoms with Gasteiger partial charge in [-0.15, -0.1) is 0 Å². The summed E-state index contributed by atoms with van der Waals surface area (Å²) in [5.74, 6) is 0.716. The third-order valence-corrected chi connectivity index (χ3v) is 3.82. The van der Waals surface area contributed by atoms with Crippen LogP contribution in [0, 0.1) is 10.8 Å². The molecule has 1 aromatic heterocycles. The number of halogens is 2. The zero-order chi connectivity index (χ0) is 13.9. The first-order valence-corrected chi connectivity index (χ1v) is 7.00. The van der Waals surface area contributed by atoms with Crippen molar-refractivity contribution in [1.29, 1.82) is 10.8 Å². The number of pyridine rings is 1. The lowest BCUT2D eigenvalue weighted by molar-refractivity contribution is 0.108. The zero-order valence-electron chi connectivity index (χ0n) is 9.96. The van der Waals surface area contributed by atoms with Gasteiger partial charge >= 0.3 is 0 Å². The summed E-state index contributed by atoms with van der Waals surface area (Å²) in [7, 11) is 0. The average Bonchev–Trinajstić information content (AvgIpc) is 2.29. The minimum Gasteiger partial charge on any atom is -0.288 e. The van der Waals surface area contributed by atoms with Crippen molar-refractivity contribution < 1.29 is 4.79 Å². The second kappa shape index (κ2) is 6.41. The van der Waals surface area contributed by atoms with E-state index in [9.17, 15) is 4.79 Å². The Labute approximate surface area is 119 Å². The summed E-state index contributed by atoms with van der Waals surface area (Å²) in [5, 5.41) is 15.4. The van der Waals surface area contributed by atoms with E-state index < -0.39 is 5.24 Å². The number of carbonyl (C=O) groups is 1. The number of hydrogen-bond acceptors (Lipinski definition) is 4. The molecule has 0 spiro atoms. The van der Waals surface area contributed by atoms with Crippen molar-refractivity contribution in [2.75, 3.05) is 5.75 Å². The summed E-state index contributed by atoms with van der Waals surface area (Å²) in [6.45, 7) is 4.07. The van der Waals surface area contributed by atoms with E-state index in [-0.39, 0.29) is 21.9 Å². The summed E-state index contributed by atoms with van der Waals surface area (Å²) in [6.07, 6.45) is 1.47. The van der Waals surface area contributed by atoms with Crippen molar-refractivity contribution in [2.45, 2.75) is 19.1 Å². The number of nitrogens with one attached hydrogen (secondary N) is 2. The van der Waals surface area contributed by atoms with E-state index in [4.69, 9.17) is 34.0 Å². The number of rotatable bonds is 4. The van der Waals surface area contributed by atoms with E-state index in [2.05, 4.69) is 0 Å². The van der Waals surface area contributed by atoms with Crippen LogP contribution in [0.5, 0.6) is 0 Å². The Balaban J connectivity index is 3.06. The van der Waals surface area contributed by atoms with E-state index in [0.717, 1.165) is 0 Å². The molecule has 0 aliphatic carbocycles. The largest absolute Gasteiger partial charge is 0.288 e. The smallest absolute Gasteiger partial charge is 0.254 e. The van der Waals surface area contributed by atoms with Gasteiger partial charge in [0.15, 0.2) is 0 Å². The van der Waals surface area contributed by atoms with Crippen molar-refractivity contribution in [3.63, 3.8) is 0 Å². The topological polar surface area (TPSA) is 69.7 Å². The normalized spacial score (nSPS) is 10.7. The molecule has 1 aromatic rings. The number of nitrogens with zero attached hydrogens (tertiary/aromatic N) is 1. The summed E-state index contributed by atoms with van der Waals surface area (Å²) >= 11 is 12.8. The Kier molecular flexibility index (Phi) is 5.44. The molecule has 0 saturated carbocycles. The molecule has 0 saturated heterocycles. The predicted octanol–water partition coefficient (Wildman–Crippen LogP) is 2.97. The zero-order valence-corrected chi connectivity index (χ0v) is 12.3. The number of hydrogen-bond donors (Lipinski definition) is 2. The summed E-state index contributed by atoms with van der Waals surface area (Å²) < 4.78 is 1.33. The molecule has 98 valence electrons. The molecule has 7 heteroatoms. The fraction of sp³-hybridized carbons (Fsp3) is 0.364. The maximum Gasteiger partial charge on any atom is 0.254 e. The Morgan fingerprint density at radius 2 is 2.17 bits per heavy atom. The van der Waals surface area contributed by atoms with Gasteiger partial charge in [0.25, 0.3) is 5.24 Å². The number of aromatic nitrogens is 1. The lowest BCUT2D eigenvalue weighted by Gasteiger charge is -2.11. The Morgan fingerprint density at radius 1 is 1.56 bits per heavy atom. The second-order valence-corrected chi connectivity index (χ2v) is 6.13. The van der Waals surface area contributed by atoms with Crippen LogP contribution < -0.4 is 5.49 Å². The minimum absolute atomic E-state index is 0.0307. The van der Waals surface area contributed by atoms with Crippen molar-refractivity contribution >= 4 is 46.0 Å².